The number of nitrogens with zero attached hydrogens (tertiary/aromatic N) is 1. The van der Waals surface area contributed by atoms with Crippen LogP contribution in [0.1, 0.15) is 26.7 Å². The van der Waals surface area contributed by atoms with E-state index in [9.17, 15) is 13.2 Å². The van der Waals surface area contributed by atoms with Gasteiger partial charge in [-0.15, -0.1) is 0 Å². The monoisotopic (exact) mass is 238 g/mol. The van der Waals surface area contributed by atoms with Crippen LogP contribution in [0.4, 0.5) is 13.2 Å². The zero-order valence-corrected chi connectivity index (χ0v) is 9.98. The Morgan fingerprint density at radius 3 is 2.50 bits per heavy atom. The molecular formula is C11H21F3N2. The first-order valence-electron chi connectivity index (χ1n) is 5.94. The van der Waals surface area contributed by atoms with E-state index in [0.717, 1.165) is 19.4 Å². The van der Waals surface area contributed by atoms with Crippen LogP contribution in [0.5, 0.6) is 0 Å². The zero-order chi connectivity index (χ0) is 12.2. The van der Waals surface area contributed by atoms with Crippen molar-refractivity contribution in [2.75, 3.05) is 26.2 Å². The standard InChI is InChI=1S/C11H21F3N2/c1-3-4-16(8-11(12,13)14)10-5-9(2)6-15-7-10/h9-10,15H,3-8H2,1-2H3. The molecule has 0 spiro atoms. The van der Waals surface area contributed by atoms with E-state index in [-0.39, 0.29) is 6.04 Å². The van der Waals surface area contributed by atoms with Crippen LogP contribution >= 0.6 is 0 Å². The summed E-state index contributed by atoms with van der Waals surface area (Å²) in [6.45, 7) is 5.35. The lowest BCUT2D eigenvalue weighted by Crippen LogP contribution is -2.51. The van der Waals surface area contributed by atoms with Gasteiger partial charge in [0.15, 0.2) is 0 Å². The van der Waals surface area contributed by atoms with Crippen molar-refractivity contribution in [3.05, 3.63) is 0 Å². The number of hydrogen-bond donors (Lipinski definition) is 1. The molecule has 0 bridgehead atoms. The molecule has 1 saturated heterocycles. The molecule has 0 aromatic carbocycles. The topological polar surface area (TPSA) is 15.3 Å². The van der Waals surface area contributed by atoms with Crippen LogP contribution in [0.25, 0.3) is 0 Å². The second-order valence-electron chi connectivity index (χ2n) is 4.74. The number of hydrogen-bond acceptors (Lipinski definition) is 2. The van der Waals surface area contributed by atoms with Crippen molar-refractivity contribution < 1.29 is 13.2 Å². The van der Waals surface area contributed by atoms with Crippen molar-refractivity contribution in [2.24, 2.45) is 5.92 Å². The third-order valence-corrected chi connectivity index (χ3v) is 2.96. The summed E-state index contributed by atoms with van der Waals surface area (Å²) in [6.07, 6.45) is -2.46. The van der Waals surface area contributed by atoms with Crippen molar-refractivity contribution in [2.45, 2.75) is 38.9 Å². The Labute approximate surface area is 95.2 Å². The normalized spacial score (nSPS) is 27.4. The Kier molecular flexibility index (Phi) is 5.05. The van der Waals surface area contributed by atoms with E-state index in [1.165, 1.54) is 0 Å². The first kappa shape index (κ1) is 13.8. The largest absolute Gasteiger partial charge is 0.401 e. The van der Waals surface area contributed by atoms with Gasteiger partial charge in [0, 0.05) is 12.6 Å². The minimum atomic E-state index is -4.09. The molecular weight excluding hydrogens is 217 g/mol. The van der Waals surface area contributed by atoms with Crippen molar-refractivity contribution in [3.63, 3.8) is 0 Å². The minimum Gasteiger partial charge on any atom is -0.315 e. The lowest BCUT2D eigenvalue weighted by Gasteiger charge is -2.37. The fourth-order valence-corrected chi connectivity index (χ4v) is 2.31. The molecule has 0 aromatic rings. The van der Waals surface area contributed by atoms with E-state index in [4.69, 9.17) is 0 Å². The smallest absolute Gasteiger partial charge is 0.315 e. The predicted molar refractivity (Wildman–Crippen MR) is 58.4 cm³/mol. The highest BCUT2D eigenvalue weighted by Gasteiger charge is 2.34. The molecule has 2 atom stereocenters. The van der Waals surface area contributed by atoms with E-state index >= 15 is 0 Å². The minimum absolute atomic E-state index is 0.0327. The number of rotatable bonds is 4. The molecule has 2 nitrogen and oxygen atoms in total. The van der Waals surface area contributed by atoms with Crippen LogP contribution in [0.2, 0.25) is 0 Å². The summed E-state index contributed by atoms with van der Waals surface area (Å²) in [5.41, 5.74) is 0. The van der Waals surface area contributed by atoms with Gasteiger partial charge >= 0.3 is 6.18 Å². The summed E-state index contributed by atoms with van der Waals surface area (Å²) >= 11 is 0. The molecule has 16 heavy (non-hydrogen) atoms. The summed E-state index contributed by atoms with van der Waals surface area (Å²) in [6, 6.07) is 0.0327. The molecule has 0 saturated carbocycles. The first-order chi connectivity index (χ1) is 7.42. The maximum Gasteiger partial charge on any atom is 0.401 e. The Balaban J connectivity index is 2.54. The van der Waals surface area contributed by atoms with Crippen LogP contribution < -0.4 is 5.32 Å². The fraction of sp³-hybridized carbons (Fsp3) is 1.00. The molecule has 2 unspecified atom stereocenters. The van der Waals surface area contributed by atoms with E-state index in [1.54, 1.807) is 4.90 Å². The summed E-state index contributed by atoms with van der Waals surface area (Å²) in [7, 11) is 0. The van der Waals surface area contributed by atoms with Crippen molar-refractivity contribution in [3.8, 4) is 0 Å². The Hall–Kier alpha value is -0.290. The van der Waals surface area contributed by atoms with Gasteiger partial charge in [-0.25, -0.2) is 0 Å². The van der Waals surface area contributed by atoms with Gasteiger partial charge in [-0.3, -0.25) is 4.90 Å². The van der Waals surface area contributed by atoms with Gasteiger partial charge in [0.05, 0.1) is 6.54 Å². The molecule has 0 amide bonds. The van der Waals surface area contributed by atoms with Crippen LogP contribution in [-0.4, -0.2) is 43.3 Å². The quantitative estimate of drug-likeness (QED) is 0.808. The molecule has 96 valence electrons. The second kappa shape index (κ2) is 5.87. The maximum atomic E-state index is 12.4. The number of piperidine rings is 1. The third kappa shape index (κ3) is 4.70. The fourth-order valence-electron chi connectivity index (χ4n) is 2.31. The highest BCUT2D eigenvalue weighted by Crippen LogP contribution is 2.22. The lowest BCUT2D eigenvalue weighted by molar-refractivity contribution is -0.152. The molecule has 1 fully saturated rings. The Morgan fingerprint density at radius 1 is 1.31 bits per heavy atom. The number of alkyl halides is 3. The van der Waals surface area contributed by atoms with Crippen molar-refractivity contribution >= 4 is 0 Å². The lowest BCUT2D eigenvalue weighted by atomic mass is 9.96. The Bertz CT molecular complexity index is 206. The summed E-state index contributed by atoms with van der Waals surface area (Å²) in [5.74, 6) is 0.464. The predicted octanol–water partition coefficient (Wildman–Crippen LogP) is 2.26. The second-order valence-corrected chi connectivity index (χ2v) is 4.74. The van der Waals surface area contributed by atoms with Crippen LogP contribution in [0.15, 0.2) is 0 Å². The van der Waals surface area contributed by atoms with E-state index in [1.807, 2.05) is 6.92 Å². The van der Waals surface area contributed by atoms with Gasteiger partial charge in [-0.2, -0.15) is 13.2 Å². The van der Waals surface area contributed by atoms with E-state index in [0.29, 0.717) is 19.0 Å². The van der Waals surface area contributed by atoms with Crippen molar-refractivity contribution in [1.29, 1.82) is 0 Å². The van der Waals surface area contributed by atoms with Gasteiger partial charge in [0.25, 0.3) is 0 Å². The SMILES string of the molecule is CCCN(CC(F)(F)F)C1CNCC(C)C1. The van der Waals surface area contributed by atoms with Crippen LogP contribution in [0.3, 0.4) is 0 Å². The van der Waals surface area contributed by atoms with Gasteiger partial charge in [-0.1, -0.05) is 13.8 Å². The molecule has 0 radical (unpaired) electrons. The van der Waals surface area contributed by atoms with Gasteiger partial charge in [0.2, 0.25) is 0 Å². The zero-order valence-electron chi connectivity index (χ0n) is 9.98. The molecule has 1 heterocycles. The first-order valence-corrected chi connectivity index (χ1v) is 5.94. The molecule has 1 N–H and O–H groups in total. The summed E-state index contributed by atoms with van der Waals surface area (Å²) < 4.78 is 37.3. The maximum absolute atomic E-state index is 12.4. The molecule has 1 aliphatic rings. The average molecular weight is 238 g/mol. The van der Waals surface area contributed by atoms with Gasteiger partial charge in [0.1, 0.15) is 0 Å². The Morgan fingerprint density at radius 2 is 2.00 bits per heavy atom. The van der Waals surface area contributed by atoms with E-state index in [2.05, 4.69) is 12.2 Å². The van der Waals surface area contributed by atoms with Gasteiger partial charge < -0.3 is 5.32 Å². The van der Waals surface area contributed by atoms with E-state index < -0.39 is 12.7 Å². The summed E-state index contributed by atoms with van der Waals surface area (Å²) in [4.78, 5) is 1.57. The third-order valence-electron chi connectivity index (χ3n) is 2.96. The molecule has 0 aliphatic carbocycles. The average Bonchev–Trinajstić information content (AvgIpc) is 2.15. The molecule has 1 aliphatic heterocycles. The summed E-state index contributed by atoms with van der Waals surface area (Å²) in [5, 5.41) is 3.20. The van der Waals surface area contributed by atoms with Gasteiger partial charge in [-0.05, 0) is 31.8 Å². The molecule has 1 rings (SSSR count). The van der Waals surface area contributed by atoms with Crippen molar-refractivity contribution in [1.82, 2.24) is 10.2 Å². The number of nitrogens with one attached hydrogen (secondary N) is 1. The highest BCUT2D eigenvalue weighted by molar-refractivity contribution is 4.82. The van der Waals surface area contributed by atoms with Crippen LogP contribution in [0, 0.1) is 5.92 Å². The number of halogens is 3. The molecule has 5 heteroatoms. The molecule has 0 aromatic heterocycles. The van der Waals surface area contributed by atoms with Crippen LogP contribution in [-0.2, 0) is 0 Å². The highest BCUT2D eigenvalue weighted by atomic mass is 19.4.